The summed E-state index contributed by atoms with van der Waals surface area (Å²) in [6.07, 6.45) is 4.20. The van der Waals surface area contributed by atoms with Crippen LogP contribution < -0.4 is 10.1 Å². The van der Waals surface area contributed by atoms with Crippen LogP contribution in [0.3, 0.4) is 0 Å². The van der Waals surface area contributed by atoms with E-state index < -0.39 is 6.61 Å². The second-order valence-electron chi connectivity index (χ2n) is 6.53. The molecule has 0 radical (unpaired) electrons. The van der Waals surface area contributed by atoms with Gasteiger partial charge in [-0.3, -0.25) is 0 Å². The van der Waals surface area contributed by atoms with Crippen molar-refractivity contribution < 1.29 is 13.5 Å². The van der Waals surface area contributed by atoms with Gasteiger partial charge >= 0.3 is 6.61 Å². The summed E-state index contributed by atoms with van der Waals surface area (Å²) in [5.41, 5.74) is 0.794. The maximum atomic E-state index is 12.5. The van der Waals surface area contributed by atoms with Gasteiger partial charge in [-0.2, -0.15) is 8.78 Å². The van der Waals surface area contributed by atoms with E-state index in [2.05, 4.69) is 26.0 Å². The minimum absolute atomic E-state index is 0.273. The zero-order chi connectivity index (χ0) is 14.6. The number of halogens is 3. The molecule has 3 aliphatic rings. The van der Waals surface area contributed by atoms with Crippen LogP contribution in [0.4, 0.5) is 8.78 Å². The van der Waals surface area contributed by atoms with Gasteiger partial charge in [0.15, 0.2) is 0 Å². The Bertz CT molecular complexity index is 537. The summed E-state index contributed by atoms with van der Waals surface area (Å²) in [6.45, 7) is -2.18. The van der Waals surface area contributed by atoms with E-state index in [0.717, 1.165) is 33.7 Å². The van der Waals surface area contributed by atoms with Crippen molar-refractivity contribution >= 4 is 15.9 Å². The highest BCUT2D eigenvalue weighted by molar-refractivity contribution is 9.10. The Balaban J connectivity index is 1.42. The minimum atomic E-state index is -2.78. The number of ether oxygens (including phenoxy) is 1. The molecule has 4 unspecified atom stereocenters. The van der Waals surface area contributed by atoms with E-state index in [1.54, 1.807) is 12.1 Å². The molecule has 3 saturated carbocycles. The summed E-state index contributed by atoms with van der Waals surface area (Å²) in [6, 6.07) is 5.78. The second-order valence-corrected chi connectivity index (χ2v) is 7.44. The number of nitrogens with one attached hydrogen (secondary N) is 1. The number of benzene rings is 1. The van der Waals surface area contributed by atoms with Crippen molar-refractivity contribution in [3.05, 3.63) is 28.2 Å². The first kappa shape index (κ1) is 13.9. The number of fused-ring (bicyclic) bond motifs is 5. The predicted octanol–water partition coefficient (Wildman–Crippen LogP) is 4.18. The Morgan fingerprint density at radius 2 is 1.95 bits per heavy atom. The van der Waals surface area contributed by atoms with Crippen LogP contribution in [0, 0.1) is 23.7 Å². The lowest BCUT2D eigenvalue weighted by atomic mass is 10.0. The van der Waals surface area contributed by atoms with Crippen molar-refractivity contribution in [1.82, 2.24) is 5.32 Å². The summed E-state index contributed by atoms with van der Waals surface area (Å²) >= 11 is 3.39. The Kier molecular flexibility index (Phi) is 3.45. The van der Waals surface area contributed by atoms with Crippen LogP contribution in [0.1, 0.15) is 24.8 Å². The van der Waals surface area contributed by atoms with Gasteiger partial charge in [-0.1, -0.05) is 15.9 Å². The van der Waals surface area contributed by atoms with E-state index in [9.17, 15) is 8.78 Å². The Hall–Kier alpha value is -0.680. The predicted molar refractivity (Wildman–Crippen MR) is 79.2 cm³/mol. The average Bonchev–Trinajstić information content (AvgIpc) is 2.83. The third-order valence-corrected chi connectivity index (χ3v) is 6.00. The summed E-state index contributed by atoms with van der Waals surface area (Å²) in [4.78, 5) is 0. The molecule has 21 heavy (non-hydrogen) atoms. The smallest absolute Gasteiger partial charge is 0.387 e. The van der Waals surface area contributed by atoms with Crippen LogP contribution in [0.5, 0.6) is 5.75 Å². The molecular weight excluding hydrogens is 340 g/mol. The Labute approximate surface area is 131 Å². The van der Waals surface area contributed by atoms with E-state index in [0.29, 0.717) is 12.6 Å². The molecule has 1 aromatic rings. The van der Waals surface area contributed by atoms with E-state index in [1.807, 2.05) is 6.07 Å². The largest absolute Gasteiger partial charge is 0.434 e. The van der Waals surface area contributed by atoms with Gasteiger partial charge in [-0.05, 0) is 61.1 Å². The van der Waals surface area contributed by atoms with Crippen molar-refractivity contribution in [2.75, 3.05) is 0 Å². The molecule has 3 fully saturated rings. The Morgan fingerprint density at radius 1 is 1.24 bits per heavy atom. The maximum absolute atomic E-state index is 12.5. The van der Waals surface area contributed by atoms with Gasteiger partial charge < -0.3 is 10.1 Å². The number of hydrogen-bond acceptors (Lipinski definition) is 2. The molecule has 1 N–H and O–H groups in total. The van der Waals surface area contributed by atoms with Crippen LogP contribution in [0.2, 0.25) is 0 Å². The van der Waals surface area contributed by atoms with E-state index in [4.69, 9.17) is 0 Å². The van der Waals surface area contributed by atoms with Crippen LogP contribution >= 0.6 is 15.9 Å². The third kappa shape index (κ3) is 2.48. The number of hydrogen-bond donors (Lipinski definition) is 1. The summed E-state index contributed by atoms with van der Waals surface area (Å²) < 4.78 is 30.4. The molecule has 5 heteroatoms. The average molecular weight is 358 g/mol. The molecule has 0 aliphatic heterocycles. The van der Waals surface area contributed by atoms with Crippen molar-refractivity contribution in [2.45, 2.75) is 38.5 Å². The molecule has 1 aromatic carbocycles. The lowest BCUT2D eigenvalue weighted by Gasteiger charge is -2.14. The van der Waals surface area contributed by atoms with Gasteiger partial charge in [0, 0.05) is 22.6 Å². The molecule has 0 saturated heterocycles. The SMILES string of the molecule is FC(F)Oc1ccc(Br)cc1CNC1C2C3CCC(C3)C12. The maximum Gasteiger partial charge on any atom is 0.387 e. The molecular formula is C16H18BrF2NO. The molecule has 2 nitrogen and oxygen atoms in total. The first-order valence-corrected chi connectivity index (χ1v) is 8.39. The summed E-state index contributed by atoms with van der Waals surface area (Å²) in [7, 11) is 0. The van der Waals surface area contributed by atoms with Crippen LogP contribution in [0.15, 0.2) is 22.7 Å². The lowest BCUT2D eigenvalue weighted by Crippen LogP contribution is -2.23. The molecule has 3 aliphatic carbocycles. The summed E-state index contributed by atoms with van der Waals surface area (Å²) in [5, 5.41) is 3.57. The quantitative estimate of drug-likeness (QED) is 0.853. The zero-order valence-electron chi connectivity index (χ0n) is 11.6. The fourth-order valence-corrected chi connectivity index (χ4v) is 5.13. The van der Waals surface area contributed by atoms with Gasteiger partial charge in [0.05, 0.1) is 0 Å². The van der Waals surface area contributed by atoms with Crippen LogP contribution in [0.25, 0.3) is 0 Å². The molecule has 0 heterocycles. The summed E-state index contributed by atoms with van der Waals surface area (Å²) in [5.74, 6) is 3.79. The van der Waals surface area contributed by atoms with Gasteiger partial charge in [0.2, 0.25) is 0 Å². The molecule has 0 spiro atoms. The first-order valence-electron chi connectivity index (χ1n) is 7.60. The highest BCUT2D eigenvalue weighted by atomic mass is 79.9. The molecule has 0 aromatic heterocycles. The third-order valence-electron chi connectivity index (χ3n) is 5.50. The van der Waals surface area contributed by atoms with Crippen LogP contribution in [-0.4, -0.2) is 12.7 Å². The van der Waals surface area contributed by atoms with Crippen molar-refractivity contribution in [3.63, 3.8) is 0 Å². The van der Waals surface area contributed by atoms with Crippen molar-refractivity contribution in [1.29, 1.82) is 0 Å². The minimum Gasteiger partial charge on any atom is -0.434 e. The Morgan fingerprint density at radius 3 is 2.62 bits per heavy atom. The molecule has 2 bridgehead atoms. The zero-order valence-corrected chi connectivity index (χ0v) is 13.2. The fraction of sp³-hybridized carbons (Fsp3) is 0.625. The molecule has 0 amide bonds. The topological polar surface area (TPSA) is 21.3 Å². The molecule has 4 atom stereocenters. The fourth-order valence-electron chi connectivity index (χ4n) is 4.72. The first-order chi connectivity index (χ1) is 10.1. The van der Waals surface area contributed by atoms with E-state index >= 15 is 0 Å². The monoisotopic (exact) mass is 357 g/mol. The van der Waals surface area contributed by atoms with Gasteiger partial charge in [-0.15, -0.1) is 0 Å². The standard InChI is InChI=1S/C16H18BrF2NO/c17-11-3-4-12(21-16(18)19)10(6-11)7-20-15-13-8-1-2-9(5-8)14(13)15/h3-4,6,8-9,13-16,20H,1-2,5,7H2. The van der Waals surface area contributed by atoms with Crippen molar-refractivity contribution in [2.24, 2.45) is 23.7 Å². The number of rotatable bonds is 5. The van der Waals surface area contributed by atoms with Gasteiger partial charge in [0.1, 0.15) is 5.75 Å². The number of alkyl halides is 2. The van der Waals surface area contributed by atoms with Crippen LogP contribution in [-0.2, 0) is 6.54 Å². The highest BCUT2D eigenvalue weighted by Crippen LogP contribution is 2.65. The van der Waals surface area contributed by atoms with Gasteiger partial charge in [-0.25, -0.2) is 0 Å². The lowest BCUT2D eigenvalue weighted by molar-refractivity contribution is -0.0505. The normalized spacial score (nSPS) is 36.1. The molecule has 4 rings (SSSR count). The highest BCUT2D eigenvalue weighted by Gasteiger charge is 2.64. The van der Waals surface area contributed by atoms with Gasteiger partial charge in [0.25, 0.3) is 0 Å². The van der Waals surface area contributed by atoms with Crippen molar-refractivity contribution in [3.8, 4) is 5.75 Å². The second kappa shape index (κ2) is 5.20. The molecule has 114 valence electrons. The van der Waals surface area contributed by atoms with E-state index in [-0.39, 0.29) is 5.75 Å². The van der Waals surface area contributed by atoms with E-state index in [1.165, 1.54) is 19.3 Å².